The summed E-state index contributed by atoms with van der Waals surface area (Å²) in [6, 6.07) is 0. The monoisotopic (exact) mass is 180 g/mol. The van der Waals surface area contributed by atoms with Crippen LogP contribution >= 0.6 is 0 Å². The van der Waals surface area contributed by atoms with Crippen molar-refractivity contribution in [2.45, 2.75) is 19.1 Å². The van der Waals surface area contributed by atoms with Gasteiger partial charge in [0.2, 0.25) is 5.79 Å². The van der Waals surface area contributed by atoms with Gasteiger partial charge in [-0.25, -0.2) is 0 Å². The molecule has 0 aliphatic heterocycles. The topological polar surface area (TPSA) is 18.5 Å². The number of hydrogen-bond donors (Lipinski definition) is 0. The first-order valence-corrected chi connectivity index (χ1v) is 4.45. The van der Waals surface area contributed by atoms with Crippen LogP contribution in [-0.2, 0) is 9.47 Å². The molecular weight excluding hydrogens is 164 g/mol. The number of hydrogen-bond acceptors (Lipinski definition) is 2. The van der Waals surface area contributed by atoms with E-state index in [1.807, 2.05) is 30.4 Å². The Balaban J connectivity index is 3.04. The fraction of sp³-hybridized carbons (Fsp3) is 0.455. The molecule has 0 radical (unpaired) electrons. The lowest BCUT2D eigenvalue weighted by atomic mass is 10.0. The van der Waals surface area contributed by atoms with Gasteiger partial charge in [0.05, 0.1) is 0 Å². The summed E-state index contributed by atoms with van der Waals surface area (Å²) >= 11 is 0. The van der Waals surface area contributed by atoms with Gasteiger partial charge in [0.15, 0.2) is 0 Å². The molecule has 0 fully saturated rings. The van der Waals surface area contributed by atoms with Crippen molar-refractivity contribution in [3.05, 3.63) is 36.0 Å². The van der Waals surface area contributed by atoms with Crippen LogP contribution in [0.5, 0.6) is 0 Å². The minimum Gasteiger partial charge on any atom is -0.346 e. The molecule has 1 aliphatic rings. The lowest BCUT2D eigenvalue weighted by molar-refractivity contribution is -0.143. The molecule has 0 atom stereocenters. The average Bonchev–Trinajstić information content (AvgIpc) is 2.39. The Morgan fingerprint density at radius 3 is 2.38 bits per heavy atom. The molecule has 0 aromatic carbocycles. The molecule has 0 aromatic rings. The van der Waals surface area contributed by atoms with Crippen LogP contribution in [0.3, 0.4) is 0 Å². The van der Waals surface area contributed by atoms with Crippen molar-refractivity contribution in [3.63, 3.8) is 0 Å². The summed E-state index contributed by atoms with van der Waals surface area (Å²) in [5.74, 6) is -0.668. The summed E-state index contributed by atoms with van der Waals surface area (Å²) in [6.45, 7) is 2.09. The summed E-state index contributed by atoms with van der Waals surface area (Å²) < 4.78 is 10.8. The van der Waals surface area contributed by atoms with Gasteiger partial charge < -0.3 is 9.47 Å². The summed E-state index contributed by atoms with van der Waals surface area (Å²) in [5, 5.41) is 0. The van der Waals surface area contributed by atoms with E-state index in [-0.39, 0.29) is 0 Å². The van der Waals surface area contributed by atoms with Crippen molar-refractivity contribution in [3.8, 4) is 0 Å². The lowest BCUT2D eigenvalue weighted by Gasteiger charge is -2.29. The third-order valence-electron chi connectivity index (χ3n) is 2.27. The highest BCUT2D eigenvalue weighted by molar-refractivity contribution is 5.31. The molecule has 0 aromatic heterocycles. The first-order valence-electron chi connectivity index (χ1n) is 4.45. The number of methoxy groups -OCH3 is 2. The average molecular weight is 180 g/mol. The number of rotatable bonds is 3. The number of ether oxygens (including phenoxy) is 2. The predicted octanol–water partition coefficient (Wildman–Crippen LogP) is 2.44. The zero-order valence-electron chi connectivity index (χ0n) is 8.41. The van der Waals surface area contributed by atoms with Crippen LogP contribution < -0.4 is 0 Å². The van der Waals surface area contributed by atoms with Gasteiger partial charge in [-0.05, 0) is 18.1 Å². The zero-order valence-corrected chi connectivity index (χ0v) is 8.41. The largest absolute Gasteiger partial charge is 0.346 e. The number of allylic oxidation sites excluding steroid dienone is 4. The van der Waals surface area contributed by atoms with Gasteiger partial charge >= 0.3 is 0 Å². The standard InChI is InChI=1S/C11H16O2/c1-4-10-8-6-5-7-9-11(10,12-2)13-3/h5-9H,4H2,1-3H3. The van der Waals surface area contributed by atoms with Gasteiger partial charge in [-0.2, -0.15) is 0 Å². The highest BCUT2D eigenvalue weighted by atomic mass is 16.7. The van der Waals surface area contributed by atoms with Gasteiger partial charge in [-0.1, -0.05) is 31.2 Å². The second kappa shape index (κ2) is 4.40. The van der Waals surface area contributed by atoms with Gasteiger partial charge in [0.25, 0.3) is 0 Å². The molecule has 0 amide bonds. The zero-order chi connectivity index (χ0) is 9.73. The maximum absolute atomic E-state index is 5.39. The minimum atomic E-state index is -0.668. The Bertz CT molecular complexity index is 245. The van der Waals surface area contributed by atoms with Crippen LogP contribution in [0.25, 0.3) is 0 Å². The Hall–Kier alpha value is -0.860. The van der Waals surface area contributed by atoms with Crippen LogP contribution in [0.15, 0.2) is 36.0 Å². The second-order valence-corrected chi connectivity index (χ2v) is 2.87. The molecule has 1 rings (SSSR count). The summed E-state index contributed by atoms with van der Waals surface area (Å²) in [7, 11) is 3.31. The maximum atomic E-state index is 5.39. The Kier molecular flexibility index (Phi) is 3.46. The van der Waals surface area contributed by atoms with E-state index in [2.05, 4.69) is 6.92 Å². The van der Waals surface area contributed by atoms with Crippen LogP contribution in [0, 0.1) is 0 Å². The SMILES string of the molecule is CCC1=CC=CC=CC1(OC)OC. The van der Waals surface area contributed by atoms with Gasteiger partial charge in [0.1, 0.15) is 0 Å². The molecule has 2 nitrogen and oxygen atoms in total. The molecule has 1 aliphatic carbocycles. The highest BCUT2D eigenvalue weighted by Gasteiger charge is 2.30. The van der Waals surface area contributed by atoms with Crippen LogP contribution in [0.1, 0.15) is 13.3 Å². The Morgan fingerprint density at radius 1 is 1.15 bits per heavy atom. The van der Waals surface area contributed by atoms with Crippen molar-refractivity contribution in [1.29, 1.82) is 0 Å². The molecule has 0 heterocycles. The fourth-order valence-corrected chi connectivity index (χ4v) is 1.49. The predicted molar refractivity (Wildman–Crippen MR) is 53.4 cm³/mol. The summed E-state index contributed by atoms with van der Waals surface area (Å²) in [6.07, 6.45) is 10.8. The van der Waals surface area contributed by atoms with E-state index < -0.39 is 5.79 Å². The molecule has 0 bridgehead atoms. The van der Waals surface area contributed by atoms with Crippen molar-refractivity contribution in [2.75, 3.05) is 14.2 Å². The van der Waals surface area contributed by atoms with E-state index in [1.165, 1.54) is 0 Å². The summed E-state index contributed by atoms with van der Waals surface area (Å²) in [4.78, 5) is 0. The van der Waals surface area contributed by atoms with Gasteiger partial charge in [0, 0.05) is 14.2 Å². The maximum Gasteiger partial charge on any atom is 0.211 e. The van der Waals surface area contributed by atoms with E-state index in [9.17, 15) is 0 Å². The molecule has 0 saturated carbocycles. The van der Waals surface area contributed by atoms with E-state index in [4.69, 9.17) is 9.47 Å². The van der Waals surface area contributed by atoms with Gasteiger partial charge in [-0.15, -0.1) is 0 Å². The third-order valence-corrected chi connectivity index (χ3v) is 2.27. The molecule has 0 spiro atoms. The van der Waals surface area contributed by atoms with E-state index >= 15 is 0 Å². The van der Waals surface area contributed by atoms with E-state index in [1.54, 1.807) is 14.2 Å². The second-order valence-electron chi connectivity index (χ2n) is 2.87. The summed E-state index contributed by atoms with van der Waals surface area (Å²) in [5.41, 5.74) is 1.13. The minimum absolute atomic E-state index is 0.668. The molecule has 2 heteroatoms. The fourth-order valence-electron chi connectivity index (χ4n) is 1.49. The van der Waals surface area contributed by atoms with Crippen molar-refractivity contribution >= 4 is 0 Å². The highest BCUT2D eigenvalue weighted by Crippen LogP contribution is 2.27. The quantitative estimate of drug-likeness (QED) is 0.621. The van der Waals surface area contributed by atoms with Gasteiger partial charge in [-0.3, -0.25) is 0 Å². The Labute approximate surface area is 79.5 Å². The molecule has 0 N–H and O–H groups in total. The van der Waals surface area contributed by atoms with Crippen LogP contribution in [0.2, 0.25) is 0 Å². The molecule has 72 valence electrons. The van der Waals surface area contributed by atoms with Crippen molar-refractivity contribution < 1.29 is 9.47 Å². The first kappa shape index (κ1) is 10.2. The molecule has 13 heavy (non-hydrogen) atoms. The molecule has 0 saturated heterocycles. The third kappa shape index (κ3) is 1.90. The van der Waals surface area contributed by atoms with E-state index in [0.717, 1.165) is 12.0 Å². The normalized spacial score (nSPS) is 19.8. The Morgan fingerprint density at radius 2 is 1.85 bits per heavy atom. The van der Waals surface area contributed by atoms with Crippen LogP contribution in [-0.4, -0.2) is 20.0 Å². The smallest absolute Gasteiger partial charge is 0.211 e. The van der Waals surface area contributed by atoms with Crippen LogP contribution in [0.4, 0.5) is 0 Å². The lowest BCUT2D eigenvalue weighted by Crippen LogP contribution is -2.33. The first-order chi connectivity index (χ1) is 6.29. The molecule has 0 unspecified atom stereocenters. The van der Waals surface area contributed by atoms with E-state index in [0.29, 0.717) is 0 Å². The van der Waals surface area contributed by atoms with Crippen molar-refractivity contribution in [2.24, 2.45) is 0 Å². The van der Waals surface area contributed by atoms with Crippen molar-refractivity contribution in [1.82, 2.24) is 0 Å². The molecular formula is C11H16O2.